The average Bonchev–Trinajstić information content (AvgIpc) is 3.70. The lowest BCUT2D eigenvalue weighted by molar-refractivity contribution is 0.660. The second-order valence-electron chi connectivity index (χ2n) is 14.5. The van der Waals surface area contributed by atoms with Crippen molar-refractivity contribution in [3.63, 3.8) is 0 Å². The van der Waals surface area contributed by atoms with Gasteiger partial charge < -0.3 is 4.90 Å². The molecule has 1 aliphatic rings. The minimum absolute atomic E-state index is 0.0202. The molecule has 0 radical (unpaired) electrons. The molecular weight excluding hydrogens is 659 g/mol. The summed E-state index contributed by atoms with van der Waals surface area (Å²) in [7, 11) is 0. The zero-order chi connectivity index (χ0) is 35.5. The van der Waals surface area contributed by atoms with E-state index in [1.54, 1.807) is 0 Å². The molecule has 53 heavy (non-hydrogen) atoms. The minimum atomic E-state index is -0.0202. The molecule has 0 N–H and O–H groups in total. The van der Waals surface area contributed by atoms with Gasteiger partial charge in [-0.3, -0.25) is 0 Å². The number of anilines is 3. The smallest absolute Gasteiger partial charge is 0.0540 e. The van der Waals surface area contributed by atoms with E-state index in [1.165, 1.54) is 75.8 Å². The van der Waals surface area contributed by atoms with Crippen molar-refractivity contribution in [2.45, 2.75) is 19.3 Å². The highest BCUT2D eigenvalue weighted by atomic mass is 32.1. The van der Waals surface area contributed by atoms with E-state index in [9.17, 15) is 0 Å². The van der Waals surface area contributed by atoms with E-state index in [4.69, 9.17) is 0 Å². The molecule has 0 fully saturated rings. The van der Waals surface area contributed by atoms with Crippen LogP contribution in [0.4, 0.5) is 17.1 Å². The van der Waals surface area contributed by atoms with E-state index in [2.05, 4.69) is 207 Å². The summed E-state index contributed by atoms with van der Waals surface area (Å²) in [6, 6.07) is 69.0. The zero-order valence-corrected chi connectivity index (χ0v) is 30.6. The van der Waals surface area contributed by atoms with Gasteiger partial charge in [0.1, 0.15) is 0 Å². The van der Waals surface area contributed by atoms with Crippen LogP contribution in [-0.4, -0.2) is 0 Å². The lowest BCUT2D eigenvalue weighted by Crippen LogP contribution is -2.14. The van der Waals surface area contributed by atoms with Gasteiger partial charge in [-0.15, -0.1) is 11.3 Å². The molecule has 1 aromatic heterocycles. The Morgan fingerprint density at radius 1 is 0.377 bits per heavy atom. The highest BCUT2D eigenvalue weighted by Gasteiger charge is 2.35. The molecular formula is C51H37NS. The van der Waals surface area contributed by atoms with Gasteiger partial charge in [0.2, 0.25) is 0 Å². The van der Waals surface area contributed by atoms with Crippen LogP contribution in [0.2, 0.25) is 0 Å². The highest BCUT2D eigenvalue weighted by molar-refractivity contribution is 7.25. The van der Waals surface area contributed by atoms with Crippen LogP contribution < -0.4 is 4.90 Å². The summed E-state index contributed by atoms with van der Waals surface area (Å²) < 4.78 is 2.65. The lowest BCUT2D eigenvalue weighted by Gasteiger charge is -2.28. The van der Waals surface area contributed by atoms with Gasteiger partial charge in [0, 0.05) is 42.5 Å². The number of rotatable bonds is 6. The van der Waals surface area contributed by atoms with Gasteiger partial charge in [0.15, 0.2) is 0 Å². The van der Waals surface area contributed by atoms with Crippen LogP contribution in [0, 0.1) is 0 Å². The summed E-state index contributed by atoms with van der Waals surface area (Å²) in [6.45, 7) is 4.69. The third-order valence-corrected chi connectivity index (χ3v) is 12.2. The van der Waals surface area contributed by atoms with Crippen molar-refractivity contribution < 1.29 is 0 Å². The van der Waals surface area contributed by atoms with Crippen LogP contribution in [0.1, 0.15) is 25.0 Å². The Balaban J connectivity index is 1.07. The molecule has 0 spiro atoms. The molecule has 0 unspecified atom stereocenters. The Kier molecular flexibility index (Phi) is 7.42. The monoisotopic (exact) mass is 695 g/mol. The van der Waals surface area contributed by atoms with Crippen LogP contribution in [-0.2, 0) is 5.41 Å². The van der Waals surface area contributed by atoms with E-state index in [0.29, 0.717) is 0 Å². The van der Waals surface area contributed by atoms with Gasteiger partial charge in [-0.25, -0.2) is 0 Å². The second kappa shape index (κ2) is 12.5. The van der Waals surface area contributed by atoms with Crippen molar-refractivity contribution >= 4 is 48.6 Å². The molecule has 9 aromatic rings. The van der Waals surface area contributed by atoms with Crippen LogP contribution in [0.25, 0.3) is 64.7 Å². The molecule has 0 aliphatic heterocycles. The van der Waals surface area contributed by atoms with Gasteiger partial charge in [-0.2, -0.15) is 0 Å². The third kappa shape index (κ3) is 5.21. The summed E-state index contributed by atoms with van der Waals surface area (Å²) in [5.41, 5.74) is 16.1. The molecule has 0 saturated carbocycles. The maximum absolute atomic E-state index is 2.41. The van der Waals surface area contributed by atoms with E-state index in [1.807, 2.05) is 11.3 Å². The van der Waals surface area contributed by atoms with Crippen molar-refractivity contribution in [1.29, 1.82) is 0 Å². The van der Waals surface area contributed by atoms with Crippen LogP contribution in [0.3, 0.4) is 0 Å². The average molecular weight is 696 g/mol. The second-order valence-corrected chi connectivity index (χ2v) is 15.6. The molecule has 2 heteroatoms. The first-order chi connectivity index (χ1) is 26.0. The topological polar surface area (TPSA) is 3.24 Å². The lowest BCUT2D eigenvalue weighted by atomic mass is 9.82. The SMILES string of the molecule is CC1(C)c2ccccc2-c2cc(-c3ccccc3-c3ccccc3N(c3ccccc3)c3ccc(-c4ccc5c(c4)sc4ccccc45)cc3)ccc21. The van der Waals surface area contributed by atoms with Crippen LogP contribution >= 0.6 is 11.3 Å². The molecule has 252 valence electrons. The van der Waals surface area contributed by atoms with Gasteiger partial charge in [-0.1, -0.05) is 153 Å². The highest BCUT2D eigenvalue weighted by Crippen LogP contribution is 2.51. The van der Waals surface area contributed by atoms with Crippen LogP contribution in [0.15, 0.2) is 188 Å². The van der Waals surface area contributed by atoms with Crippen molar-refractivity contribution in [1.82, 2.24) is 0 Å². The summed E-state index contributed by atoms with van der Waals surface area (Å²) in [4.78, 5) is 2.40. The molecule has 0 saturated heterocycles. The molecule has 8 aromatic carbocycles. The maximum atomic E-state index is 2.41. The molecule has 0 bridgehead atoms. The first-order valence-electron chi connectivity index (χ1n) is 18.3. The fourth-order valence-corrected chi connectivity index (χ4v) is 9.61. The fraction of sp³-hybridized carbons (Fsp3) is 0.0588. The van der Waals surface area contributed by atoms with Gasteiger partial charge in [0.25, 0.3) is 0 Å². The standard InChI is InChI=1S/C51H37NS/c1-51(2)46-21-11-8-18-41(46)45-32-36(27-31-47(45)51)39-16-6-7-17-40(39)42-19-9-12-22-48(42)52(37-14-4-3-5-15-37)38-28-24-34(25-29-38)35-26-30-44-43-20-10-13-23-49(43)53-50(44)33-35/h3-33H,1-2H3. The number of benzene rings is 8. The third-order valence-electron chi connectivity index (χ3n) is 11.1. The number of hydrogen-bond donors (Lipinski definition) is 0. The van der Waals surface area contributed by atoms with Crippen molar-refractivity contribution in [2.24, 2.45) is 0 Å². The first kappa shape index (κ1) is 31.5. The summed E-state index contributed by atoms with van der Waals surface area (Å²) in [5, 5.41) is 2.66. The molecule has 10 rings (SSSR count). The summed E-state index contributed by atoms with van der Waals surface area (Å²) >= 11 is 1.87. The van der Waals surface area contributed by atoms with Crippen molar-refractivity contribution in [2.75, 3.05) is 4.90 Å². The van der Waals surface area contributed by atoms with Gasteiger partial charge >= 0.3 is 0 Å². The van der Waals surface area contributed by atoms with Crippen LogP contribution in [0.5, 0.6) is 0 Å². The Labute approximate surface area is 315 Å². The maximum Gasteiger partial charge on any atom is 0.0540 e. The predicted octanol–water partition coefficient (Wildman–Crippen LogP) is 14.8. The molecule has 1 aliphatic carbocycles. The molecule has 0 amide bonds. The van der Waals surface area contributed by atoms with Crippen molar-refractivity contribution in [3.05, 3.63) is 199 Å². The normalized spacial score (nSPS) is 12.9. The summed E-state index contributed by atoms with van der Waals surface area (Å²) in [5.74, 6) is 0. The van der Waals surface area contributed by atoms with Gasteiger partial charge in [-0.05, 0) is 98.6 Å². The number of para-hydroxylation sites is 2. The fourth-order valence-electron chi connectivity index (χ4n) is 8.47. The predicted molar refractivity (Wildman–Crippen MR) is 228 cm³/mol. The Hall–Kier alpha value is -6.22. The van der Waals surface area contributed by atoms with E-state index in [-0.39, 0.29) is 5.41 Å². The number of fused-ring (bicyclic) bond motifs is 6. The zero-order valence-electron chi connectivity index (χ0n) is 29.8. The Morgan fingerprint density at radius 3 is 1.79 bits per heavy atom. The Bertz CT molecular complexity index is 2810. The molecule has 1 heterocycles. The molecule has 0 atom stereocenters. The van der Waals surface area contributed by atoms with E-state index >= 15 is 0 Å². The quantitative estimate of drug-likeness (QED) is 0.167. The first-order valence-corrected chi connectivity index (χ1v) is 19.2. The number of thiophene rings is 1. The Morgan fingerprint density at radius 2 is 0.962 bits per heavy atom. The minimum Gasteiger partial charge on any atom is -0.310 e. The summed E-state index contributed by atoms with van der Waals surface area (Å²) in [6.07, 6.45) is 0. The van der Waals surface area contributed by atoms with Gasteiger partial charge in [0.05, 0.1) is 5.69 Å². The van der Waals surface area contributed by atoms with E-state index < -0.39 is 0 Å². The largest absolute Gasteiger partial charge is 0.310 e. The van der Waals surface area contributed by atoms with E-state index in [0.717, 1.165) is 17.1 Å². The number of hydrogen-bond acceptors (Lipinski definition) is 2. The molecule has 1 nitrogen and oxygen atoms in total. The van der Waals surface area contributed by atoms with Crippen molar-refractivity contribution in [3.8, 4) is 44.5 Å². The number of nitrogens with zero attached hydrogens (tertiary/aromatic N) is 1.